The maximum Gasteiger partial charge on any atom is 0.309 e. The molecule has 0 amide bonds. The average molecular weight is 485 g/mol. The van der Waals surface area contributed by atoms with Crippen LogP contribution in [0.15, 0.2) is 47.8 Å². The summed E-state index contributed by atoms with van der Waals surface area (Å²) in [4.78, 5) is 29.4. The van der Waals surface area contributed by atoms with E-state index in [4.69, 9.17) is 4.74 Å². The number of carbonyl (C=O) groups is 2. The van der Waals surface area contributed by atoms with Gasteiger partial charge in [0, 0.05) is 23.1 Å². The summed E-state index contributed by atoms with van der Waals surface area (Å²) in [5.74, 6) is 1.87. The zero-order valence-electron chi connectivity index (χ0n) is 21.4. The van der Waals surface area contributed by atoms with Crippen LogP contribution < -0.4 is 0 Å². The van der Waals surface area contributed by atoms with Crippen LogP contribution in [-0.4, -0.2) is 27.9 Å². The highest BCUT2D eigenvalue weighted by molar-refractivity contribution is 5.90. The number of fused-ring (bicyclic) bond motifs is 6. The second kappa shape index (κ2) is 7.90. The lowest BCUT2D eigenvalue weighted by molar-refractivity contribution is -0.153. The predicted molar refractivity (Wildman–Crippen MR) is 139 cm³/mol. The fourth-order valence-corrected chi connectivity index (χ4v) is 8.67. The second-order valence-electron chi connectivity index (χ2n) is 12.6. The van der Waals surface area contributed by atoms with Crippen LogP contribution in [0.1, 0.15) is 71.6 Å². The van der Waals surface area contributed by atoms with Crippen molar-refractivity contribution in [2.75, 3.05) is 0 Å². The first kappa shape index (κ1) is 22.5. The van der Waals surface area contributed by atoms with Gasteiger partial charge in [-0.15, -0.1) is 0 Å². The third-order valence-electron chi connectivity index (χ3n) is 10.8. The summed E-state index contributed by atoms with van der Waals surface area (Å²) < 4.78 is 8.13. The van der Waals surface area contributed by atoms with Crippen molar-refractivity contribution >= 4 is 29.0 Å². The average Bonchev–Trinajstić information content (AvgIpc) is 3.58. The summed E-state index contributed by atoms with van der Waals surface area (Å²) in [6.07, 6.45) is 14.8. The molecule has 5 heteroatoms. The Bertz CT molecular complexity index is 1320. The van der Waals surface area contributed by atoms with E-state index in [0.717, 1.165) is 74.3 Å². The van der Waals surface area contributed by atoms with Crippen LogP contribution in [0.5, 0.6) is 0 Å². The molecule has 0 bridgehead atoms. The largest absolute Gasteiger partial charge is 0.462 e. The number of para-hydroxylation sites is 2. The minimum atomic E-state index is -0.0282. The molecule has 1 aromatic carbocycles. The van der Waals surface area contributed by atoms with Crippen LogP contribution in [0.4, 0.5) is 0 Å². The van der Waals surface area contributed by atoms with E-state index in [9.17, 15) is 9.59 Å². The summed E-state index contributed by atoms with van der Waals surface area (Å²) in [6, 6.07) is 8.24. The molecule has 2 aromatic rings. The molecular weight excluding hydrogens is 448 g/mol. The van der Waals surface area contributed by atoms with Crippen molar-refractivity contribution in [2.24, 2.45) is 34.5 Å². The SMILES string of the molecule is C[C@]12CC[C@H](OC(=O)C3CC3)CC1=CC[C@@H]1[C@@H]2CC[C@]2(C)C(n3cnc4ccccc43)=C(C=O)C[C@@H]12. The molecule has 1 heterocycles. The van der Waals surface area contributed by atoms with Gasteiger partial charge in [0.25, 0.3) is 0 Å². The number of nitrogens with zero attached hydrogens (tertiary/aromatic N) is 2. The van der Waals surface area contributed by atoms with E-state index >= 15 is 0 Å². The van der Waals surface area contributed by atoms with Crippen LogP contribution in [0.2, 0.25) is 0 Å². The first-order valence-electron chi connectivity index (χ1n) is 13.9. The van der Waals surface area contributed by atoms with Crippen molar-refractivity contribution in [3.05, 3.63) is 47.8 Å². The van der Waals surface area contributed by atoms with Gasteiger partial charge in [-0.05, 0) is 86.7 Å². The van der Waals surface area contributed by atoms with Gasteiger partial charge in [0.1, 0.15) is 18.7 Å². The molecule has 5 aliphatic rings. The maximum atomic E-state index is 12.4. The number of aldehydes is 1. The molecule has 0 saturated heterocycles. The lowest BCUT2D eigenvalue weighted by Gasteiger charge is -2.57. The predicted octanol–water partition coefficient (Wildman–Crippen LogP) is 6.34. The van der Waals surface area contributed by atoms with Crippen molar-refractivity contribution in [1.82, 2.24) is 9.55 Å². The molecule has 188 valence electrons. The molecule has 6 atom stereocenters. The van der Waals surface area contributed by atoms with Gasteiger partial charge in [-0.25, -0.2) is 4.98 Å². The van der Waals surface area contributed by atoms with Crippen LogP contribution in [-0.2, 0) is 14.3 Å². The number of aromatic nitrogens is 2. The smallest absolute Gasteiger partial charge is 0.309 e. The van der Waals surface area contributed by atoms with E-state index in [-0.39, 0.29) is 28.8 Å². The molecule has 7 rings (SSSR count). The lowest BCUT2D eigenvalue weighted by Crippen LogP contribution is -2.50. The third kappa shape index (κ3) is 3.17. The molecule has 5 nitrogen and oxygen atoms in total. The van der Waals surface area contributed by atoms with E-state index in [1.165, 1.54) is 17.7 Å². The van der Waals surface area contributed by atoms with E-state index in [1.54, 1.807) is 0 Å². The monoisotopic (exact) mass is 484 g/mol. The molecule has 5 aliphatic carbocycles. The van der Waals surface area contributed by atoms with E-state index in [0.29, 0.717) is 17.8 Å². The summed E-state index contributed by atoms with van der Waals surface area (Å²) in [6.45, 7) is 4.88. The molecule has 0 spiro atoms. The molecule has 36 heavy (non-hydrogen) atoms. The van der Waals surface area contributed by atoms with Gasteiger partial charge in [0.05, 0.1) is 17.0 Å². The number of hydrogen-bond donors (Lipinski definition) is 0. The number of allylic oxidation sites excluding steroid dienone is 3. The number of rotatable bonds is 4. The van der Waals surface area contributed by atoms with Gasteiger partial charge in [0.2, 0.25) is 0 Å². The molecule has 0 unspecified atom stereocenters. The topological polar surface area (TPSA) is 61.2 Å². The summed E-state index contributed by atoms with van der Waals surface area (Å²) >= 11 is 0. The summed E-state index contributed by atoms with van der Waals surface area (Å²) in [5.41, 5.74) is 5.89. The molecule has 0 N–H and O–H groups in total. The molecular formula is C31H36N2O3. The van der Waals surface area contributed by atoms with Crippen LogP contribution in [0, 0.1) is 34.5 Å². The van der Waals surface area contributed by atoms with Crippen LogP contribution in [0.3, 0.4) is 0 Å². The molecule has 0 radical (unpaired) electrons. The highest BCUT2D eigenvalue weighted by atomic mass is 16.5. The second-order valence-corrected chi connectivity index (χ2v) is 12.6. The Labute approximate surface area is 213 Å². The number of hydrogen-bond acceptors (Lipinski definition) is 4. The van der Waals surface area contributed by atoms with Gasteiger partial charge in [-0.2, -0.15) is 0 Å². The maximum absolute atomic E-state index is 12.4. The standard InChI is InChI=1S/C31H36N2O3/c1-30-13-11-22(36-29(35)19-7-8-19)16-21(30)9-10-23-24(30)12-14-31(2)25(23)15-20(17-34)28(31)33-18-32-26-5-3-4-6-27(26)33/h3-6,9,17-19,22-25H,7-8,10-16H2,1-2H3/t22-,23+,24-,25-,30-,31-/m0/s1. The Balaban J connectivity index is 1.19. The van der Waals surface area contributed by atoms with Crippen LogP contribution >= 0.6 is 0 Å². The van der Waals surface area contributed by atoms with Crippen LogP contribution in [0.25, 0.3) is 16.7 Å². The Morgan fingerprint density at radius 1 is 1.06 bits per heavy atom. The van der Waals surface area contributed by atoms with Gasteiger partial charge in [0.15, 0.2) is 0 Å². The molecule has 3 fully saturated rings. The minimum Gasteiger partial charge on any atom is -0.462 e. The summed E-state index contributed by atoms with van der Waals surface area (Å²) in [5, 5.41) is 0. The Kier molecular flexibility index (Phi) is 4.94. The van der Waals surface area contributed by atoms with E-state index in [2.05, 4.69) is 41.6 Å². The molecule has 0 aliphatic heterocycles. The number of ether oxygens (including phenoxy) is 1. The Morgan fingerprint density at radius 3 is 2.67 bits per heavy atom. The minimum absolute atomic E-state index is 0.0282. The van der Waals surface area contributed by atoms with Crippen molar-refractivity contribution in [1.29, 1.82) is 0 Å². The van der Waals surface area contributed by atoms with Gasteiger partial charge >= 0.3 is 5.97 Å². The Hall–Kier alpha value is -2.69. The first-order chi connectivity index (χ1) is 17.4. The number of carbonyl (C=O) groups excluding carboxylic acids is 2. The summed E-state index contributed by atoms with van der Waals surface area (Å²) in [7, 11) is 0. The number of esters is 1. The van der Waals surface area contributed by atoms with E-state index < -0.39 is 0 Å². The number of imidazole rings is 1. The van der Waals surface area contributed by atoms with Crippen molar-refractivity contribution in [2.45, 2.75) is 77.7 Å². The lowest BCUT2D eigenvalue weighted by atomic mass is 9.47. The normalized spacial score (nSPS) is 37.7. The number of benzene rings is 1. The van der Waals surface area contributed by atoms with Gasteiger partial charge < -0.3 is 9.30 Å². The van der Waals surface area contributed by atoms with Crippen molar-refractivity contribution in [3.63, 3.8) is 0 Å². The quantitative estimate of drug-likeness (QED) is 0.289. The zero-order chi connectivity index (χ0) is 24.7. The third-order valence-corrected chi connectivity index (χ3v) is 10.8. The van der Waals surface area contributed by atoms with Crippen molar-refractivity contribution < 1.29 is 14.3 Å². The molecule has 3 saturated carbocycles. The Morgan fingerprint density at radius 2 is 1.86 bits per heavy atom. The zero-order valence-corrected chi connectivity index (χ0v) is 21.4. The highest BCUT2D eigenvalue weighted by Crippen LogP contribution is 2.66. The van der Waals surface area contributed by atoms with Gasteiger partial charge in [-0.3, -0.25) is 9.59 Å². The van der Waals surface area contributed by atoms with E-state index in [1.807, 2.05) is 18.5 Å². The highest BCUT2D eigenvalue weighted by Gasteiger charge is 2.58. The van der Waals surface area contributed by atoms with Gasteiger partial charge in [-0.1, -0.05) is 37.6 Å². The first-order valence-corrected chi connectivity index (χ1v) is 13.9. The molecule has 1 aromatic heterocycles. The fourth-order valence-electron chi connectivity index (χ4n) is 8.67. The fraction of sp³-hybridized carbons (Fsp3) is 0.581. The van der Waals surface area contributed by atoms with Crippen molar-refractivity contribution in [3.8, 4) is 0 Å².